The van der Waals surface area contributed by atoms with Gasteiger partial charge in [0.15, 0.2) is 5.41 Å². The molecule has 0 unspecified atom stereocenters. The Morgan fingerprint density at radius 1 is 0.974 bits per heavy atom. The van der Waals surface area contributed by atoms with Gasteiger partial charge in [0, 0.05) is 17.2 Å². The summed E-state index contributed by atoms with van der Waals surface area (Å²) in [6.07, 6.45) is 1.35. The van der Waals surface area contributed by atoms with Gasteiger partial charge in [-0.1, -0.05) is 60.7 Å². The maximum Gasteiger partial charge on any atom is 0.334 e. The van der Waals surface area contributed by atoms with E-state index in [4.69, 9.17) is 9.47 Å². The predicted molar refractivity (Wildman–Crippen MR) is 140 cm³/mol. The Balaban J connectivity index is 1.81. The highest BCUT2D eigenvalue weighted by Gasteiger charge is 2.72. The van der Waals surface area contributed by atoms with E-state index in [9.17, 15) is 20.1 Å². The van der Waals surface area contributed by atoms with Gasteiger partial charge < -0.3 is 14.4 Å². The molecule has 7 nitrogen and oxygen atoms in total. The smallest absolute Gasteiger partial charge is 0.334 e. The highest BCUT2D eigenvalue weighted by atomic mass is 16.5. The monoisotopic (exact) mass is 503 g/mol. The first-order valence-corrected chi connectivity index (χ1v) is 12.3. The Hall–Kier alpha value is -4.88. The van der Waals surface area contributed by atoms with Crippen LogP contribution in [0.5, 0.6) is 5.75 Å². The van der Waals surface area contributed by atoms with E-state index in [0.29, 0.717) is 22.6 Å². The molecule has 1 amide bonds. The van der Waals surface area contributed by atoms with Crippen molar-refractivity contribution in [3.63, 3.8) is 0 Å². The van der Waals surface area contributed by atoms with E-state index in [1.54, 1.807) is 55.3 Å². The molecule has 1 aliphatic heterocycles. The van der Waals surface area contributed by atoms with Crippen molar-refractivity contribution in [2.75, 3.05) is 18.6 Å². The zero-order valence-electron chi connectivity index (χ0n) is 21.0. The third kappa shape index (κ3) is 3.40. The molecule has 5 rings (SSSR count). The van der Waals surface area contributed by atoms with Gasteiger partial charge in [-0.15, -0.1) is 0 Å². The molecule has 0 fully saturated rings. The molecule has 38 heavy (non-hydrogen) atoms. The molecule has 3 aromatic rings. The summed E-state index contributed by atoms with van der Waals surface area (Å²) >= 11 is 0. The fourth-order valence-corrected chi connectivity index (χ4v) is 5.84. The predicted octanol–water partition coefficient (Wildman–Crippen LogP) is 4.80. The number of ether oxygens (including phenoxy) is 2. The Morgan fingerprint density at radius 2 is 1.63 bits per heavy atom. The van der Waals surface area contributed by atoms with Crippen molar-refractivity contribution >= 4 is 17.6 Å². The van der Waals surface area contributed by atoms with Gasteiger partial charge in [-0.3, -0.25) is 4.79 Å². The first-order chi connectivity index (χ1) is 18.5. The van der Waals surface area contributed by atoms with Crippen LogP contribution in [0.25, 0.3) is 0 Å². The van der Waals surface area contributed by atoms with Crippen LogP contribution >= 0.6 is 0 Å². The second-order valence-electron chi connectivity index (χ2n) is 9.26. The van der Waals surface area contributed by atoms with Crippen molar-refractivity contribution in [3.8, 4) is 17.9 Å². The second kappa shape index (κ2) is 9.53. The van der Waals surface area contributed by atoms with E-state index in [0.717, 1.165) is 5.56 Å². The lowest BCUT2D eigenvalue weighted by Gasteiger charge is -2.38. The van der Waals surface area contributed by atoms with Crippen LogP contribution in [0.4, 0.5) is 5.69 Å². The largest absolute Gasteiger partial charge is 0.497 e. The third-order valence-electron chi connectivity index (χ3n) is 7.44. The standard InChI is InChI=1S/C31H25N3O4/c1-3-38-28(35)24-17-30(19-32,20-33)31(27(24)22-13-15-23(37-2)16-14-22)25-11-7-8-12-26(25)34(29(31)36)18-21-9-5-4-6-10-21/h4-17,27H,3,18H2,1-2H3/t27-,31+/m0/s1. The first kappa shape index (κ1) is 24.8. The summed E-state index contributed by atoms with van der Waals surface area (Å²) in [5.41, 5.74) is -0.929. The van der Waals surface area contributed by atoms with Crippen molar-refractivity contribution in [1.82, 2.24) is 0 Å². The summed E-state index contributed by atoms with van der Waals surface area (Å²) in [4.78, 5) is 29.7. The van der Waals surface area contributed by atoms with E-state index in [2.05, 4.69) is 12.1 Å². The van der Waals surface area contributed by atoms with Gasteiger partial charge in [-0.25, -0.2) is 4.79 Å². The summed E-state index contributed by atoms with van der Waals surface area (Å²) in [5.74, 6) is -1.42. The normalized spacial score (nSPS) is 20.8. The molecule has 1 heterocycles. The second-order valence-corrected chi connectivity index (χ2v) is 9.26. The van der Waals surface area contributed by atoms with Gasteiger partial charge in [0.2, 0.25) is 5.91 Å². The molecule has 2 atom stereocenters. The van der Waals surface area contributed by atoms with Crippen LogP contribution < -0.4 is 9.64 Å². The highest BCUT2D eigenvalue weighted by molar-refractivity contribution is 6.13. The lowest BCUT2D eigenvalue weighted by atomic mass is 9.57. The molecule has 1 spiro atoms. The van der Waals surface area contributed by atoms with Gasteiger partial charge >= 0.3 is 5.97 Å². The number of amides is 1. The number of carbonyl (C=O) groups excluding carboxylic acids is 2. The van der Waals surface area contributed by atoms with E-state index in [1.807, 2.05) is 42.5 Å². The minimum absolute atomic E-state index is 0.106. The van der Waals surface area contributed by atoms with Gasteiger partial charge in [0.05, 0.1) is 32.4 Å². The number of carbonyl (C=O) groups is 2. The molecular formula is C31H25N3O4. The van der Waals surface area contributed by atoms with Crippen molar-refractivity contribution in [3.05, 3.63) is 107 Å². The van der Waals surface area contributed by atoms with Gasteiger partial charge in [0.1, 0.15) is 11.2 Å². The molecule has 2 aliphatic rings. The number of anilines is 1. The van der Waals surface area contributed by atoms with Gasteiger partial charge in [-0.2, -0.15) is 10.5 Å². The first-order valence-electron chi connectivity index (χ1n) is 12.3. The maximum absolute atomic E-state index is 14.8. The molecule has 3 aromatic carbocycles. The van der Waals surface area contributed by atoms with Crippen molar-refractivity contribution in [2.24, 2.45) is 5.41 Å². The molecule has 0 saturated carbocycles. The molecule has 188 valence electrons. The molecular weight excluding hydrogens is 478 g/mol. The summed E-state index contributed by atoms with van der Waals surface area (Å²) in [6.45, 7) is 2.04. The third-order valence-corrected chi connectivity index (χ3v) is 7.44. The zero-order chi connectivity index (χ0) is 26.9. The average molecular weight is 504 g/mol. The van der Waals surface area contributed by atoms with Gasteiger partial charge in [-0.05, 0) is 47.9 Å². The van der Waals surface area contributed by atoms with Crippen LogP contribution in [-0.4, -0.2) is 25.6 Å². The summed E-state index contributed by atoms with van der Waals surface area (Å²) in [6, 6.07) is 28.0. The Bertz CT molecular complexity index is 1500. The summed E-state index contributed by atoms with van der Waals surface area (Å²) in [7, 11) is 1.55. The summed E-state index contributed by atoms with van der Waals surface area (Å²) < 4.78 is 10.7. The van der Waals surface area contributed by atoms with Crippen LogP contribution in [0.3, 0.4) is 0 Å². The number of para-hydroxylation sites is 1. The Morgan fingerprint density at radius 3 is 2.26 bits per heavy atom. The van der Waals surface area contributed by atoms with Crippen LogP contribution in [0.15, 0.2) is 90.5 Å². The SMILES string of the molecule is CCOC(=O)C1=CC(C#N)(C#N)[C@@]2(C(=O)N(Cc3ccccc3)c3ccccc32)[C@H]1c1ccc(OC)cc1. The van der Waals surface area contributed by atoms with Crippen molar-refractivity contribution in [1.29, 1.82) is 10.5 Å². The number of fused-ring (bicyclic) bond motifs is 2. The lowest BCUT2D eigenvalue weighted by molar-refractivity contribution is -0.139. The number of nitriles is 2. The summed E-state index contributed by atoms with van der Waals surface area (Å²) in [5, 5.41) is 21.2. The number of hydrogen-bond acceptors (Lipinski definition) is 6. The zero-order valence-corrected chi connectivity index (χ0v) is 21.0. The molecule has 0 aromatic heterocycles. The number of rotatable bonds is 6. The van der Waals surface area contributed by atoms with Crippen LogP contribution in [-0.2, 0) is 26.3 Å². The minimum atomic E-state index is -1.96. The van der Waals surface area contributed by atoms with Crippen LogP contribution in [0.1, 0.15) is 29.5 Å². The highest BCUT2D eigenvalue weighted by Crippen LogP contribution is 2.65. The van der Waals surface area contributed by atoms with Crippen LogP contribution in [0.2, 0.25) is 0 Å². The lowest BCUT2D eigenvalue weighted by Crippen LogP contribution is -2.52. The molecule has 0 radical (unpaired) electrons. The minimum Gasteiger partial charge on any atom is -0.497 e. The number of allylic oxidation sites excluding steroid dienone is 1. The fraction of sp³-hybridized carbons (Fsp3) is 0.226. The number of hydrogen-bond donors (Lipinski definition) is 0. The van der Waals surface area contributed by atoms with E-state index < -0.39 is 28.6 Å². The van der Waals surface area contributed by atoms with Crippen molar-refractivity contribution < 1.29 is 19.1 Å². The average Bonchev–Trinajstić information content (AvgIpc) is 3.41. The molecule has 0 N–H and O–H groups in total. The Kier molecular flexibility index (Phi) is 6.22. The number of methoxy groups -OCH3 is 1. The number of nitrogens with zero attached hydrogens (tertiary/aromatic N) is 3. The van der Waals surface area contributed by atoms with E-state index in [1.165, 1.54) is 6.08 Å². The number of esters is 1. The molecule has 1 aliphatic carbocycles. The van der Waals surface area contributed by atoms with E-state index >= 15 is 0 Å². The van der Waals surface area contributed by atoms with Crippen molar-refractivity contribution in [2.45, 2.75) is 24.8 Å². The molecule has 0 bridgehead atoms. The van der Waals surface area contributed by atoms with Gasteiger partial charge in [0.25, 0.3) is 0 Å². The molecule has 0 saturated heterocycles. The van der Waals surface area contributed by atoms with E-state index in [-0.39, 0.29) is 18.7 Å². The topological polar surface area (TPSA) is 103 Å². The quantitative estimate of drug-likeness (QED) is 0.448. The Labute approximate surface area is 221 Å². The maximum atomic E-state index is 14.8. The fourth-order valence-electron chi connectivity index (χ4n) is 5.84. The molecule has 7 heteroatoms. The van der Waals surface area contributed by atoms with Crippen LogP contribution in [0, 0.1) is 28.1 Å². The number of benzene rings is 3.